The van der Waals surface area contributed by atoms with E-state index in [2.05, 4.69) is 0 Å². The first kappa shape index (κ1) is 15.9. The Bertz CT molecular complexity index is 567. The highest BCUT2D eigenvalue weighted by Gasteiger charge is 2.40. The van der Waals surface area contributed by atoms with Crippen LogP contribution in [0.1, 0.15) is 50.1 Å². The van der Waals surface area contributed by atoms with Crippen LogP contribution in [-0.2, 0) is 4.79 Å². The number of aromatic nitrogens is 1. The van der Waals surface area contributed by atoms with Crippen LogP contribution in [0.4, 0.5) is 0 Å². The lowest BCUT2D eigenvalue weighted by Crippen LogP contribution is -2.48. The third-order valence-electron chi connectivity index (χ3n) is 4.09. The van der Waals surface area contributed by atoms with E-state index < -0.39 is 11.4 Å². The molecule has 0 aliphatic carbocycles. The first-order chi connectivity index (χ1) is 9.74. The van der Waals surface area contributed by atoms with Gasteiger partial charge in [-0.15, -0.1) is 0 Å². The van der Waals surface area contributed by atoms with Crippen molar-refractivity contribution in [2.75, 3.05) is 13.1 Å². The minimum absolute atomic E-state index is 0.118. The summed E-state index contributed by atoms with van der Waals surface area (Å²) >= 11 is 6.01. The van der Waals surface area contributed by atoms with Crippen LogP contribution in [0.2, 0.25) is 5.02 Å². The number of carboxylic acid groups (broad SMARTS) is 1. The van der Waals surface area contributed by atoms with Crippen molar-refractivity contribution in [2.45, 2.75) is 39.7 Å². The minimum atomic E-state index is -0.868. The van der Waals surface area contributed by atoms with E-state index in [9.17, 15) is 14.7 Å². The second-order valence-corrected chi connectivity index (χ2v) is 6.68. The molecule has 1 aliphatic rings. The highest BCUT2D eigenvalue weighted by atomic mass is 35.5. The van der Waals surface area contributed by atoms with Gasteiger partial charge in [0.15, 0.2) is 0 Å². The van der Waals surface area contributed by atoms with E-state index in [4.69, 9.17) is 11.6 Å². The fourth-order valence-electron chi connectivity index (χ4n) is 2.79. The van der Waals surface area contributed by atoms with Crippen LogP contribution in [-0.4, -0.2) is 39.5 Å². The zero-order chi connectivity index (χ0) is 15.8. The fraction of sp³-hybridized carbons (Fsp3) is 0.600. The lowest BCUT2D eigenvalue weighted by atomic mass is 9.82. The van der Waals surface area contributed by atoms with Gasteiger partial charge in [-0.25, -0.2) is 0 Å². The van der Waals surface area contributed by atoms with Crippen molar-refractivity contribution in [3.63, 3.8) is 0 Å². The summed E-state index contributed by atoms with van der Waals surface area (Å²) in [7, 11) is 0. The summed E-state index contributed by atoms with van der Waals surface area (Å²) in [6, 6.07) is 1.77. The van der Waals surface area contributed by atoms with E-state index in [0.717, 1.165) is 0 Å². The molecule has 1 amide bonds. The number of hydrogen-bond donors (Lipinski definition) is 1. The van der Waals surface area contributed by atoms with E-state index in [1.807, 2.05) is 18.4 Å². The van der Waals surface area contributed by atoms with Crippen LogP contribution in [0.15, 0.2) is 12.3 Å². The second-order valence-electron chi connectivity index (χ2n) is 6.24. The van der Waals surface area contributed by atoms with Gasteiger partial charge in [0.05, 0.1) is 10.4 Å². The number of hydrogen-bond acceptors (Lipinski definition) is 2. The predicted octanol–water partition coefficient (Wildman–Crippen LogP) is 3.05. The Morgan fingerprint density at radius 1 is 1.43 bits per heavy atom. The van der Waals surface area contributed by atoms with Gasteiger partial charge in [-0.05, 0) is 39.7 Å². The molecule has 1 N–H and O–H groups in total. The Balaban J connectivity index is 2.26. The quantitative estimate of drug-likeness (QED) is 0.933. The summed E-state index contributed by atoms with van der Waals surface area (Å²) in [6.07, 6.45) is 3.03. The molecule has 1 unspecified atom stereocenters. The number of amides is 1. The van der Waals surface area contributed by atoms with Gasteiger partial charge in [0.25, 0.3) is 5.91 Å². The molecular weight excluding hydrogens is 292 g/mol. The van der Waals surface area contributed by atoms with Gasteiger partial charge in [-0.1, -0.05) is 11.6 Å². The molecule has 1 atom stereocenters. The Kier molecular flexibility index (Phi) is 4.33. The summed E-state index contributed by atoms with van der Waals surface area (Å²) in [5.74, 6) is -1.000. The molecule has 0 aromatic carbocycles. The maximum Gasteiger partial charge on any atom is 0.311 e. The summed E-state index contributed by atoms with van der Waals surface area (Å²) < 4.78 is 1.83. The molecule has 0 saturated carbocycles. The number of nitrogens with zero attached hydrogens (tertiary/aromatic N) is 2. The zero-order valence-electron chi connectivity index (χ0n) is 12.6. The number of carbonyl (C=O) groups excluding carboxylic acids is 1. The van der Waals surface area contributed by atoms with Crippen LogP contribution in [0.3, 0.4) is 0 Å². The van der Waals surface area contributed by atoms with E-state index in [0.29, 0.717) is 30.1 Å². The maximum absolute atomic E-state index is 12.7. The van der Waals surface area contributed by atoms with Crippen molar-refractivity contribution in [1.82, 2.24) is 9.47 Å². The molecule has 0 spiro atoms. The number of aliphatic carboxylic acids is 1. The molecule has 0 bridgehead atoms. The topological polar surface area (TPSA) is 62.5 Å². The molecular formula is C15H21ClN2O3. The van der Waals surface area contributed by atoms with Gasteiger partial charge < -0.3 is 14.6 Å². The first-order valence-corrected chi connectivity index (χ1v) is 7.52. The standard InChI is InChI=1S/C15H21ClN2O3/c1-10(2)18-8-11(16)7-12(18)13(19)17-6-4-5-15(3,9-17)14(20)21/h7-8,10H,4-6,9H2,1-3H3,(H,20,21). The number of carbonyl (C=O) groups is 2. The molecule has 1 saturated heterocycles. The summed E-state index contributed by atoms with van der Waals surface area (Å²) in [5.41, 5.74) is -0.350. The molecule has 21 heavy (non-hydrogen) atoms. The molecule has 116 valence electrons. The van der Waals surface area contributed by atoms with Gasteiger partial charge in [-0.2, -0.15) is 0 Å². The molecule has 2 heterocycles. The summed E-state index contributed by atoms with van der Waals surface area (Å²) in [6.45, 7) is 6.48. The highest BCUT2D eigenvalue weighted by Crippen LogP contribution is 2.31. The van der Waals surface area contributed by atoms with E-state index >= 15 is 0 Å². The lowest BCUT2D eigenvalue weighted by Gasteiger charge is -2.37. The third kappa shape index (κ3) is 3.07. The average Bonchev–Trinajstić information content (AvgIpc) is 2.80. The lowest BCUT2D eigenvalue weighted by molar-refractivity contribution is -0.150. The number of likely N-dealkylation sites (tertiary alicyclic amines) is 1. The third-order valence-corrected chi connectivity index (χ3v) is 4.30. The van der Waals surface area contributed by atoms with Crippen LogP contribution in [0, 0.1) is 5.41 Å². The smallest absolute Gasteiger partial charge is 0.311 e. The van der Waals surface area contributed by atoms with E-state index in [-0.39, 0.29) is 18.5 Å². The minimum Gasteiger partial charge on any atom is -0.481 e. The Morgan fingerprint density at radius 3 is 2.67 bits per heavy atom. The van der Waals surface area contributed by atoms with Crippen LogP contribution in [0.25, 0.3) is 0 Å². The molecule has 0 radical (unpaired) electrons. The molecule has 5 nitrogen and oxygen atoms in total. The molecule has 1 aliphatic heterocycles. The van der Waals surface area contributed by atoms with Gasteiger partial charge >= 0.3 is 5.97 Å². The first-order valence-electron chi connectivity index (χ1n) is 7.14. The van der Waals surface area contributed by atoms with Gasteiger partial charge in [-0.3, -0.25) is 9.59 Å². The molecule has 1 aromatic heterocycles. The zero-order valence-corrected chi connectivity index (χ0v) is 13.4. The Hall–Kier alpha value is -1.49. The van der Waals surface area contributed by atoms with Gasteiger partial charge in [0, 0.05) is 25.3 Å². The number of carboxylic acids is 1. The van der Waals surface area contributed by atoms with Crippen molar-refractivity contribution >= 4 is 23.5 Å². The fourth-order valence-corrected chi connectivity index (χ4v) is 3.00. The van der Waals surface area contributed by atoms with Gasteiger partial charge in [0.1, 0.15) is 5.69 Å². The highest BCUT2D eigenvalue weighted by molar-refractivity contribution is 6.31. The number of rotatable bonds is 3. The Morgan fingerprint density at radius 2 is 2.10 bits per heavy atom. The average molecular weight is 313 g/mol. The second kappa shape index (κ2) is 5.72. The normalized spacial score (nSPS) is 22.6. The van der Waals surface area contributed by atoms with Crippen LogP contribution < -0.4 is 0 Å². The van der Waals surface area contributed by atoms with Crippen molar-refractivity contribution in [2.24, 2.45) is 5.41 Å². The number of piperidine rings is 1. The van der Waals surface area contributed by atoms with Crippen molar-refractivity contribution in [1.29, 1.82) is 0 Å². The van der Waals surface area contributed by atoms with E-state index in [1.165, 1.54) is 0 Å². The monoisotopic (exact) mass is 312 g/mol. The summed E-state index contributed by atoms with van der Waals surface area (Å²) in [5, 5.41) is 9.87. The van der Waals surface area contributed by atoms with Crippen LogP contribution >= 0.6 is 11.6 Å². The van der Waals surface area contributed by atoms with Crippen molar-refractivity contribution < 1.29 is 14.7 Å². The molecule has 6 heteroatoms. The summed E-state index contributed by atoms with van der Waals surface area (Å²) in [4.78, 5) is 25.7. The van der Waals surface area contributed by atoms with Crippen molar-refractivity contribution in [3.8, 4) is 0 Å². The van der Waals surface area contributed by atoms with Crippen molar-refractivity contribution in [3.05, 3.63) is 23.0 Å². The SMILES string of the molecule is CC(C)n1cc(Cl)cc1C(=O)N1CCCC(C)(C(=O)O)C1. The van der Waals surface area contributed by atoms with Gasteiger partial charge in [0.2, 0.25) is 0 Å². The Labute approximate surface area is 129 Å². The van der Waals surface area contributed by atoms with Crippen LogP contribution in [0.5, 0.6) is 0 Å². The molecule has 1 fully saturated rings. The molecule has 2 rings (SSSR count). The predicted molar refractivity (Wildman–Crippen MR) is 80.7 cm³/mol. The number of halogens is 1. The largest absolute Gasteiger partial charge is 0.481 e. The molecule has 1 aromatic rings. The maximum atomic E-state index is 12.7. The van der Waals surface area contributed by atoms with E-state index in [1.54, 1.807) is 24.1 Å².